The monoisotopic (exact) mass is 343 g/mol. The zero-order valence-electron chi connectivity index (χ0n) is 13.4. The van der Waals surface area contributed by atoms with Gasteiger partial charge >= 0.3 is 12.0 Å². The summed E-state index contributed by atoms with van der Waals surface area (Å²) in [7, 11) is 1.62. The van der Waals surface area contributed by atoms with Crippen LogP contribution in [-0.4, -0.2) is 48.1 Å². The van der Waals surface area contributed by atoms with E-state index >= 15 is 0 Å². The number of nitrogens with zero attached hydrogens (tertiary/aromatic N) is 1. The normalized spacial score (nSPS) is 9.91. The lowest BCUT2D eigenvalue weighted by Gasteiger charge is -2.15. The number of amides is 3. The minimum Gasteiger partial charge on any atom is -0.481 e. The number of carboxylic acids is 1. The van der Waals surface area contributed by atoms with Crippen LogP contribution in [0.25, 0.3) is 0 Å². The van der Waals surface area contributed by atoms with Gasteiger partial charge in [-0.2, -0.15) is 0 Å². The first-order chi connectivity index (χ1) is 10.3. The van der Waals surface area contributed by atoms with Crippen molar-refractivity contribution in [1.82, 2.24) is 10.2 Å². The largest absolute Gasteiger partial charge is 0.481 e. The lowest BCUT2D eigenvalue weighted by atomic mass is 10.1. The van der Waals surface area contributed by atoms with Gasteiger partial charge in [0.2, 0.25) is 5.91 Å². The highest BCUT2D eigenvalue weighted by atomic mass is 35.5. The molecule has 0 aliphatic heterocycles. The molecular weight excluding hydrogens is 322 g/mol. The number of nitrogens with one attached hydrogen (secondary N) is 2. The van der Waals surface area contributed by atoms with Gasteiger partial charge in [0, 0.05) is 12.2 Å². The lowest BCUT2D eigenvalue weighted by molar-refractivity contribution is -0.137. The van der Waals surface area contributed by atoms with Crippen LogP contribution in [0.4, 0.5) is 10.5 Å². The SMILES string of the molecule is Cc1ccc(NC(=O)NC(=O)CN(C)CCC(=O)O)c(C)c1.Cl. The zero-order chi connectivity index (χ0) is 16.7. The maximum atomic E-state index is 11.8. The lowest BCUT2D eigenvalue weighted by Crippen LogP contribution is -2.41. The Bertz CT molecular complexity index is 578. The van der Waals surface area contributed by atoms with E-state index in [4.69, 9.17) is 5.11 Å². The molecule has 3 amide bonds. The zero-order valence-corrected chi connectivity index (χ0v) is 14.2. The second-order valence-electron chi connectivity index (χ2n) is 5.20. The number of hydrogen-bond donors (Lipinski definition) is 3. The van der Waals surface area contributed by atoms with Crippen LogP contribution in [0.5, 0.6) is 0 Å². The van der Waals surface area contributed by atoms with E-state index in [9.17, 15) is 14.4 Å². The van der Waals surface area contributed by atoms with Crippen molar-refractivity contribution >= 4 is 36.0 Å². The fourth-order valence-electron chi connectivity index (χ4n) is 1.88. The van der Waals surface area contributed by atoms with Gasteiger partial charge in [-0.3, -0.25) is 19.8 Å². The van der Waals surface area contributed by atoms with Crippen molar-refractivity contribution in [2.45, 2.75) is 20.3 Å². The maximum Gasteiger partial charge on any atom is 0.325 e. The highest BCUT2D eigenvalue weighted by molar-refractivity contribution is 6.02. The number of aliphatic carboxylic acids is 1. The number of anilines is 1. The van der Waals surface area contributed by atoms with E-state index in [2.05, 4.69) is 10.6 Å². The minimum absolute atomic E-state index is 0. The third kappa shape index (κ3) is 8.18. The summed E-state index contributed by atoms with van der Waals surface area (Å²) in [6, 6.07) is 4.96. The van der Waals surface area contributed by atoms with E-state index in [1.807, 2.05) is 26.0 Å². The maximum absolute atomic E-state index is 11.8. The Hall–Kier alpha value is -2.12. The van der Waals surface area contributed by atoms with Crippen LogP contribution in [0.3, 0.4) is 0 Å². The Morgan fingerprint density at radius 1 is 1.22 bits per heavy atom. The van der Waals surface area contributed by atoms with Crippen molar-refractivity contribution in [3.05, 3.63) is 29.3 Å². The van der Waals surface area contributed by atoms with Crippen molar-refractivity contribution in [3.8, 4) is 0 Å². The molecule has 3 N–H and O–H groups in total. The number of benzene rings is 1. The Balaban J connectivity index is 0.00000484. The molecule has 0 heterocycles. The van der Waals surface area contributed by atoms with E-state index in [0.29, 0.717) is 5.69 Å². The Kier molecular flexibility index (Phi) is 8.90. The predicted molar refractivity (Wildman–Crippen MR) is 90.1 cm³/mol. The van der Waals surface area contributed by atoms with E-state index < -0.39 is 17.9 Å². The summed E-state index contributed by atoms with van der Waals surface area (Å²) in [6.45, 7) is 4.01. The van der Waals surface area contributed by atoms with Crippen LogP contribution < -0.4 is 10.6 Å². The molecular formula is C15H22ClN3O4. The van der Waals surface area contributed by atoms with Crippen molar-refractivity contribution in [1.29, 1.82) is 0 Å². The number of carboxylic acid groups (broad SMARTS) is 1. The quantitative estimate of drug-likeness (QED) is 0.731. The first kappa shape index (κ1) is 20.9. The average molecular weight is 344 g/mol. The molecule has 1 rings (SSSR count). The molecule has 0 fully saturated rings. The molecule has 0 aromatic heterocycles. The number of carbonyl (C=O) groups is 3. The van der Waals surface area contributed by atoms with Gasteiger partial charge in [-0.15, -0.1) is 12.4 Å². The molecule has 0 aliphatic carbocycles. The minimum atomic E-state index is -0.931. The summed E-state index contributed by atoms with van der Waals surface area (Å²) >= 11 is 0. The van der Waals surface area contributed by atoms with Gasteiger partial charge in [-0.1, -0.05) is 17.7 Å². The molecule has 0 unspecified atom stereocenters. The fraction of sp³-hybridized carbons (Fsp3) is 0.400. The Morgan fingerprint density at radius 2 is 1.87 bits per heavy atom. The summed E-state index contributed by atoms with van der Waals surface area (Å²) in [5.74, 6) is -1.42. The van der Waals surface area contributed by atoms with E-state index in [1.54, 1.807) is 13.1 Å². The molecule has 128 valence electrons. The summed E-state index contributed by atoms with van der Waals surface area (Å²) < 4.78 is 0. The predicted octanol–water partition coefficient (Wildman–Crippen LogP) is 1.78. The van der Waals surface area contributed by atoms with Crippen LogP contribution in [0.1, 0.15) is 17.5 Å². The second kappa shape index (κ2) is 9.81. The van der Waals surface area contributed by atoms with Gasteiger partial charge in [0.25, 0.3) is 0 Å². The van der Waals surface area contributed by atoms with E-state index in [1.165, 1.54) is 4.90 Å². The molecule has 0 bridgehead atoms. The molecule has 1 aromatic carbocycles. The van der Waals surface area contributed by atoms with Crippen LogP contribution in [0.15, 0.2) is 18.2 Å². The molecule has 0 aliphatic rings. The molecule has 7 nitrogen and oxygen atoms in total. The van der Waals surface area contributed by atoms with Gasteiger partial charge < -0.3 is 10.4 Å². The summed E-state index contributed by atoms with van der Waals surface area (Å²) in [4.78, 5) is 35.4. The number of rotatable bonds is 6. The van der Waals surface area contributed by atoms with E-state index in [0.717, 1.165) is 11.1 Å². The standard InChI is InChI=1S/C15H21N3O4.ClH/c1-10-4-5-12(11(2)8-10)16-15(22)17-13(19)9-18(3)7-6-14(20)21;/h4-5,8H,6-7,9H2,1-3H3,(H,20,21)(H2,16,17,19,22);1H. The molecule has 0 radical (unpaired) electrons. The van der Waals surface area contributed by atoms with Crippen molar-refractivity contribution in [3.63, 3.8) is 0 Å². The van der Waals surface area contributed by atoms with Gasteiger partial charge in [-0.25, -0.2) is 4.79 Å². The molecule has 0 saturated carbocycles. The van der Waals surface area contributed by atoms with Crippen LogP contribution in [0, 0.1) is 13.8 Å². The van der Waals surface area contributed by atoms with Crippen LogP contribution in [0.2, 0.25) is 0 Å². The first-order valence-corrected chi connectivity index (χ1v) is 6.86. The van der Waals surface area contributed by atoms with Crippen molar-refractivity contribution in [2.24, 2.45) is 0 Å². The van der Waals surface area contributed by atoms with Crippen molar-refractivity contribution < 1.29 is 19.5 Å². The molecule has 8 heteroatoms. The van der Waals surface area contributed by atoms with Gasteiger partial charge in [0.05, 0.1) is 13.0 Å². The molecule has 0 spiro atoms. The number of imide groups is 1. The van der Waals surface area contributed by atoms with Crippen LogP contribution in [-0.2, 0) is 9.59 Å². The summed E-state index contributed by atoms with van der Waals surface area (Å²) in [6.07, 6.45) is -0.0570. The third-order valence-corrected chi connectivity index (χ3v) is 3.00. The number of urea groups is 1. The van der Waals surface area contributed by atoms with Crippen LogP contribution >= 0.6 is 12.4 Å². The molecule has 0 atom stereocenters. The topological polar surface area (TPSA) is 98.7 Å². The first-order valence-electron chi connectivity index (χ1n) is 6.86. The molecule has 1 aromatic rings. The van der Waals surface area contributed by atoms with E-state index in [-0.39, 0.29) is 31.9 Å². The second-order valence-corrected chi connectivity index (χ2v) is 5.20. The number of carbonyl (C=O) groups excluding carboxylic acids is 2. The van der Waals surface area contributed by atoms with Crippen molar-refractivity contribution in [2.75, 3.05) is 25.5 Å². The summed E-state index contributed by atoms with van der Waals surface area (Å²) in [5, 5.41) is 13.4. The Labute approximate surface area is 141 Å². The van der Waals surface area contributed by atoms with Gasteiger partial charge in [-0.05, 0) is 32.5 Å². The Morgan fingerprint density at radius 3 is 2.43 bits per heavy atom. The fourth-order valence-corrected chi connectivity index (χ4v) is 1.88. The summed E-state index contributed by atoms with van der Waals surface area (Å²) in [5.41, 5.74) is 2.62. The smallest absolute Gasteiger partial charge is 0.325 e. The molecule has 23 heavy (non-hydrogen) atoms. The third-order valence-electron chi connectivity index (χ3n) is 3.00. The molecule has 0 saturated heterocycles. The van der Waals surface area contributed by atoms with Gasteiger partial charge in [0.15, 0.2) is 0 Å². The number of likely N-dealkylation sites (N-methyl/N-ethyl adjacent to an activating group) is 1. The number of hydrogen-bond acceptors (Lipinski definition) is 4. The number of halogens is 1. The highest BCUT2D eigenvalue weighted by Gasteiger charge is 2.12. The average Bonchev–Trinajstić information content (AvgIpc) is 2.39. The number of aryl methyl sites for hydroxylation is 2. The van der Waals surface area contributed by atoms with Gasteiger partial charge in [0.1, 0.15) is 0 Å². The highest BCUT2D eigenvalue weighted by Crippen LogP contribution is 2.15.